The van der Waals surface area contributed by atoms with Crippen LogP contribution in [0.1, 0.15) is 30.1 Å². The summed E-state index contributed by atoms with van der Waals surface area (Å²) in [7, 11) is 1.61. The largest absolute Gasteiger partial charge is 0.506 e. The number of fused-ring (bicyclic) bond motifs is 1. The van der Waals surface area contributed by atoms with Gasteiger partial charge in [0.05, 0.1) is 5.52 Å². The van der Waals surface area contributed by atoms with E-state index in [1.807, 2.05) is 37.3 Å². The van der Waals surface area contributed by atoms with Crippen LogP contribution >= 0.6 is 0 Å². The van der Waals surface area contributed by atoms with Crippen molar-refractivity contribution in [2.75, 3.05) is 11.4 Å². The smallest absolute Gasteiger partial charge is 0.267 e. The number of benzene rings is 2. The van der Waals surface area contributed by atoms with Crippen LogP contribution in [-0.2, 0) is 7.05 Å². The molecular weight excluding hydrogens is 328 g/mol. The fraction of sp³-hybridized carbons (Fsp3) is 0.238. The number of hydrogen-bond donors (Lipinski definition) is 1. The number of rotatable bonds is 5. The molecule has 0 bridgehead atoms. The Labute approximate surface area is 152 Å². The maximum Gasteiger partial charge on any atom is 0.267 e. The van der Waals surface area contributed by atoms with E-state index in [0.717, 1.165) is 12.8 Å². The zero-order chi connectivity index (χ0) is 18.7. The number of hydrogen-bond acceptors (Lipinski definition) is 3. The highest BCUT2D eigenvalue weighted by atomic mass is 16.3. The Kier molecular flexibility index (Phi) is 5.07. The molecule has 3 aromatic rings. The highest BCUT2D eigenvalue weighted by Gasteiger charge is 2.26. The fourth-order valence-electron chi connectivity index (χ4n) is 3.08. The van der Waals surface area contributed by atoms with Crippen LogP contribution in [0.3, 0.4) is 0 Å². The molecule has 0 atom stereocenters. The summed E-state index contributed by atoms with van der Waals surface area (Å²) in [5, 5.41) is 11.2. The summed E-state index contributed by atoms with van der Waals surface area (Å²) in [5.74, 6) is -0.736. The highest BCUT2D eigenvalue weighted by Crippen LogP contribution is 2.28. The van der Waals surface area contributed by atoms with Gasteiger partial charge in [0.1, 0.15) is 11.3 Å². The van der Waals surface area contributed by atoms with Crippen LogP contribution in [-0.4, -0.2) is 22.1 Å². The van der Waals surface area contributed by atoms with Gasteiger partial charge in [-0.1, -0.05) is 43.7 Å². The van der Waals surface area contributed by atoms with Gasteiger partial charge in [-0.15, -0.1) is 0 Å². The van der Waals surface area contributed by atoms with Gasteiger partial charge in [0.2, 0.25) is 0 Å². The summed E-state index contributed by atoms with van der Waals surface area (Å²) in [6.45, 7) is 2.52. The number of carbonyl (C=O) groups excluding carboxylic acids is 1. The van der Waals surface area contributed by atoms with Gasteiger partial charge in [-0.05, 0) is 30.7 Å². The normalized spacial score (nSPS) is 10.8. The van der Waals surface area contributed by atoms with E-state index in [2.05, 4.69) is 0 Å². The molecule has 0 aliphatic rings. The first-order chi connectivity index (χ1) is 12.6. The molecule has 0 saturated carbocycles. The van der Waals surface area contributed by atoms with Crippen molar-refractivity contribution in [2.24, 2.45) is 7.05 Å². The number of carbonyl (C=O) groups is 1. The quantitative estimate of drug-likeness (QED) is 0.763. The van der Waals surface area contributed by atoms with Crippen molar-refractivity contribution >= 4 is 22.5 Å². The minimum atomic E-state index is -0.497. The minimum Gasteiger partial charge on any atom is -0.506 e. The van der Waals surface area contributed by atoms with Crippen LogP contribution in [0.25, 0.3) is 10.9 Å². The number of amides is 1. The van der Waals surface area contributed by atoms with Crippen LogP contribution in [0.2, 0.25) is 0 Å². The van der Waals surface area contributed by atoms with E-state index >= 15 is 0 Å². The Morgan fingerprint density at radius 1 is 1.08 bits per heavy atom. The van der Waals surface area contributed by atoms with Crippen molar-refractivity contribution in [2.45, 2.75) is 19.8 Å². The molecule has 0 fully saturated rings. The number of aromatic hydroxyl groups is 1. The lowest BCUT2D eigenvalue weighted by Gasteiger charge is -2.23. The van der Waals surface area contributed by atoms with Gasteiger partial charge in [0, 0.05) is 24.7 Å². The second kappa shape index (κ2) is 7.44. The average molecular weight is 350 g/mol. The third-order valence-corrected chi connectivity index (χ3v) is 4.54. The Morgan fingerprint density at radius 3 is 2.42 bits per heavy atom. The molecule has 1 aromatic heterocycles. The lowest BCUT2D eigenvalue weighted by molar-refractivity contribution is 0.0982. The first kappa shape index (κ1) is 17.7. The third kappa shape index (κ3) is 3.08. The van der Waals surface area contributed by atoms with Gasteiger partial charge in [-0.25, -0.2) is 0 Å². The summed E-state index contributed by atoms with van der Waals surface area (Å²) in [6, 6.07) is 16.2. The molecule has 1 heterocycles. The molecule has 0 unspecified atom stereocenters. The molecular formula is C21H22N2O3. The number of aryl methyl sites for hydroxylation is 1. The van der Waals surface area contributed by atoms with Gasteiger partial charge >= 0.3 is 0 Å². The first-order valence-electron chi connectivity index (χ1n) is 8.73. The van der Waals surface area contributed by atoms with E-state index in [9.17, 15) is 14.7 Å². The van der Waals surface area contributed by atoms with Gasteiger partial charge < -0.3 is 14.6 Å². The summed E-state index contributed by atoms with van der Waals surface area (Å²) in [4.78, 5) is 27.6. The zero-order valence-electron chi connectivity index (χ0n) is 15.0. The Morgan fingerprint density at radius 2 is 1.73 bits per heavy atom. The molecule has 1 amide bonds. The number of pyridine rings is 1. The van der Waals surface area contributed by atoms with E-state index in [1.165, 1.54) is 4.57 Å². The molecule has 5 heteroatoms. The Bertz CT molecular complexity index is 993. The molecule has 0 aliphatic carbocycles. The van der Waals surface area contributed by atoms with Crippen LogP contribution in [0.5, 0.6) is 5.75 Å². The Balaban J connectivity index is 2.17. The van der Waals surface area contributed by atoms with Crippen molar-refractivity contribution in [1.29, 1.82) is 0 Å². The summed E-state index contributed by atoms with van der Waals surface area (Å²) >= 11 is 0. The Hall–Kier alpha value is -3.08. The molecule has 0 spiro atoms. The topological polar surface area (TPSA) is 62.5 Å². The molecule has 134 valence electrons. The number of para-hydroxylation sites is 2. The van der Waals surface area contributed by atoms with Crippen molar-refractivity contribution in [3.8, 4) is 5.75 Å². The first-order valence-corrected chi connectivity index (χ1v) is 8.73. The van der Waals surface area contributed by atoms with Gasteiger partial charge in [0.25, 0.3) is 11.5 Å². The molecule has 3 rings (SSSR count). The standard InChI is InChI=1S/C21H22N2O3/c1-3-4-14-23(15-10-6-5-7-11-15)21(26)18-19(24)16-12-8-9-13-17(16)22(2)20(18)25/h5-13,24H,3-4,14H2,1-2H3. The maximum atomic E-state index is 13.2. The number of anilines is 1. The highest BCUT2D eigenvalue weighted by molar-refractivity contribution is 6.10. The van der Waals surface area contributed by atoms with Gasteiger partial charge in [-0.3, -0.25) is 9.59 Å². The average Bonchev–Trinajstić information content (AvgIpc) is 2.67. The monoisotopic (exact) mass is 350 g/mol. The van der Waals surface area contributed by atoms with E-state index in [-0.39, 0.29) is 11.3 Å². The number of unbranched alkanes of at least 4 members (excludes halogenated alkanes) is 1. The lowest BCUT2D eigenvalue weighted by Crippen LogP contribution is -2.37. The minimum absolute atomic E-state index is 0.189. The predicted octanol–water partition coefficient (Wildman–Crippen LogP) is 3.69. The second-order valence-electron chi connectivity index (χ2n) is 6.25. The van der Waals surface area contributed by atoms with Crippen LogP contribution < -0.4 is 10.5 Å². The van der Waals surface area contributed by atoms with E-state index in [4.69, 9.17) is 0 Å². The molecule has 5 nitrogen and oxygen atoms in total. The summed E-state index contributed by atoms with van der Waals surface area (Å²) in [5.41, 5.74) is 0.613. The summed E-state index contributed by atoms with van der Waals surface area (Å²) < 4.78 is 1.41. The zero-order valence-corrected chi connectivity index (χ0v) is 15.0. The second-order valence-corrected chi connectivity index (χ2v) is 6.25. The van der Waals surface area contributed by atoms with Crippen molar-refractivity contribution < 1.29 is 9.90 Å². The number of nitrogens with zero attached hydrogens (tertiary/aromatic N) is 2. The van der Waals surface area contributed by atoms with Crippen LogP contribution in [0.15, 0.2) is 59.4 Å². The third-order valence-electron chi connectivity index (χ3n) is 4.54. The van der Waals surface area contributed by atoms with Crippen LogP contribution in [0.4, 0.5) is 5.69 Å². The van der Waals surface area contributed by atoms with E-state index < -0.39 is 11.5 Å². The van der Waals surface area contributed by atoms with Gasteiger partial charge in [0.15, 0.2) is 0 Å². The fourth-order valence-corrected chi connectivity index (χ4v) is 3.08. The molecule has 0 radical (unpaired) electrons. The molecule has 0 saturated heterocycles. The number of aromatic nitrogens is 1. The molecule has 26 heavy (non-hydrogen) atoms. The van der Waals surface area contributed by atoms with Crippen molar-refractivity contribution in [1.82, 2.24) is 4.57 Å². The van der Waals surface area contributed by atoms with E-state index in [0.29, 0.717) is 23.1 Å². The molecule has 2 aromatic carbocycles. The summed E-state index contributed by atoms with van der Waals surface area (Å²) in [6.07, 6.45) is 1.72. The lowest BCUT2D eigenvalue weighted by atomic mass is 10.1. The van der Waals surface area contributed by atoms with Crippen LogP contribution in [0, 0.1) is 0 Å². The predicted molar refractivity (Wildman–Crippen MR) is 104 cm³/mol. The van der Waals surface area contributed by atoms with Crippen molar-refractivity contribution in [3.63, 3.8) is 0 Å². The molecule has 0 aliphatic heterocycles. The van der Waals surface area contributed by atoms with Crippen molar-refractivity contribution in [3.05, 3.63) is 70.5 Å². The maximum absolute atomic E-state index is 13.2. The molecule has 1 N–H and O–H groups in total. The SMILES string of the molecule is CCCCN(C(=O)c1c(O)c2ccccc2n(C)c1=O)c1ccccc1. The van der Waals surface area contributed by atoms with E-state index in [1.54, 1.807) is 36.2 Å². The van der Waals surface area contributed by atoms with Gasteiger partial charge in [-0.2, -0.15) is 0 Å².